The van der Waals surface area contributed by atoms with Crippen molar-refractivity contribution in [3.05, 3.63) is 59.2 Å². The molecule has 3 rings (SSSR count). The van der Waals surface area contributed by atoms with E-state index in [4.69, 9.17) is 0 Å². The highest BCUT2D eigenvalue weighted by Crippen LogP contribution is 2.34. The molecule has 0 fully saturated rings. The Morgan fingerprint density at radius 1 is 1.18 bits per heavy atom. The molecule has 112 valence electrons. The molecule has 4 heteroatoms. The number of hydrogen-bond donors (Lipinski definition) is 2. The fourth-order valence-corrected chi connectivity index (χ4v) is 2.82. The van der Waals surface area contributed by atoms with Crippen molar-refractivity contribution in [2.75, 3.05) is 10.6 Å². The van der Waals surface area contributed by atoms with Gasteiger partial charge in [-0.3, -0.25) is 9.59 Å². The van der Waals surface area contributed by atoms with E-state index in [0.717, 1.165) is 28.1 Å². The van der Waals surface area contributed by atoms with Gasteiger partial charge in [0.15, 0.2) is 0 Å². The van der Waals surface area contributed by atoms with Gasteiger partial charge < -0.3 is 10.6 Å². The van der Waals surface area contributed by atoms with Crippen LogP contribution in [0.15, 0.2) is 42.5 Å². The third kappa shape index (κ3) is 2.72. The topological polar surface area (TPSA) is 58.2 Å². The molecule has 0 aliphatic carbocycles. The molecule has 1 unspecified atom stereocenters. The van der Waals surface area contributed by atoms with Crippen LogP contribution >= 0.6 is 0 Å². The van der Waals surface area contributed by atoms with Crippen LogP contribution in [0.5, 0.6) is 0 Å². The zero-order chi connectivity index (χ0) is 15.7. The lowest BCUT2D eigenvalue weighted by molar-refractivity contribution is -0.122. The minimum atomic E-state index is -0.415. The molecule has 0 bridgehead atoms. The van der Waals surface area contributed by atoms with Crippen molar-refractivity contribution in [1.82, 2.24) is 0 Å². The summed E-state index contributed by atoms with van der Waals surface area (Å²) in [6, 6.07) is 13.4. The smallest absolute Gasteiger partial charge is 0.232 e. The van der Waals surface area contributed by atoms with Crippen LogP contribution in [0.1, 0.15) is 29.0 Å². The van der Waals surface area contributed by atoms with Crippen molar-refractivity contribution in [1.29, 1.82) is 0 Å². The number of para-hydroxylation sites is 1. The van der Waals surface area contributed by atoms with E-state index >= 15 is 0 Å². The second kappa shape index (κ2) is 5.64. The summed E-state index contributed by atoms with van der Waals surface area (Å²) in [5, 5.41) is 5.71. The van der Waals surface area contributed by atoms with E-state index in [2.05, 4.69) is 10.6 Å². The van der Waals surface area contributed by atoms with Gasteiger partial charge in [-0.1, -0.05) is 35.9 Å². The van der Waals surface area contributed by atoms with Gasteiger partial charge in [-0.25, -0.2) is 0 Å². The maximum Gasteiger partial charge on any atom is 0.232 e. The van der Waals surface area contributed by atoms with E-state index < -0.39 is 5.92 Å². The Bertz CT molecular complexity index is 753. The summed E-state index contributed by atoms with van der Waals surface area (Å²) >= 11 is 0. The lowest BCUT2D eigenvalue weighted by Crippen LogP contribution is -2.20. The van der Waals surface area contributed by atoms with E-state index in [-0.39, 0.29) is 18.2 Å². The molecule has 0 spiro atoms. The zero-order valence-electron chi connectivity index (χ0n) is 12.6. The molecular weight excluding hydrogens is 276 g/mol. The Morgan fingerprint density at radius 3 is 2.73 bits per heavy atom. The number of rotatable bonds is 3. The highest BCUT2D eigenvalue weighted by atomic mass is 16.2. The van der Waals surface area contributed by atoms with Gasteiger partial charge in [0.2, 0.25) is 11.8 Å². The standard InChI is InChI=1S/C18H18N2O2/c1-11-7-8-15(12(2)9-11)19-17(21)10-14-13-5-3-4-6-16(13)20-18(14)22/h3-9,14H,10H2,1-2H3,(H,19,21)(H,20,22). The Kier molecular flexibility index (Phi) is 3.67. The first-order chi connectivity index (χ1) is 10.5. The number of amides is 2. The van der Waals surface area contributed by atoms with Crippen molar-refractivity contribution in [3.63, 3.8) is 0 Å². The first kappa shape index (κ1) is 14.3. The van der Waals surface area contributed by atoms with Crippen molar-refractivity contribution < 1.29 is 9.59 Å². The van der Waals surface area contributed by atoms with Crippen molar-refractivity contribution in [2.45, 2.75) is 26.2 Å². The summed E-state index contributed by atoms with van der Waals surface area (Å²) in [6.07, 6.45) is 0.149. The lowest BCUT2D eigenvalue weighted by Gasteiger charge is -2.12. The number of fused-ring (bicyclic) bond motifs is 1. The van der Waals surface area contributed by atoms with E-state index in [0.29, 0.717) is 0 Å². The van der Waals surface area contributed by atoms with Crippen LogP contribution < -0.4 is 10.6 Å². The van der Waals surface area contributed by atoms with Gasteiger partial charge in [0.25, 0.3) is 0 Å². The normalized spacial score (nSPS) is 16.1. The van der Waals surface area contributed by atoms with Gasteiger partial charge in [-0.15, -0.1) is 0 Å². The minimum absolute atomic E-state index is 0.114. The van der Waals surface area contributed by atoms with Gasteiger partial charge in [0.1, 0.15) is 0 Å². The number of aryl methyl sites for hydroxylation is 2. The predicted molar refractivity (Wildman–Crippen MR) is 87.0 cm³/mol. The van der Waals surface area contributed by atoms with Crippen molar-refractivity contribution >= 4 is 23.2 Å². The van der Waals surface area contributed by atoms with Crippen LogP contribution in [0.2, 0.25) is 0 Å². The average Bonchev–Trinajstić information content (AvgIpc) is 2.78. The summed E-state index contributed by atoms with van der Waals surface area (Å²) in [4.78, 5) is 24.3. The van der Waals surface area contributed by atoms with Gasteiger partial charge in [0.05, 0.1) is 5.92 Å². The van der Waals surface area contributed by atoms with Crippen LogP contribution in [-0.4, -0.2) is 11.8 Å². The highest BCUT2D eigenvalue weighted by Gasteiger charge is 2.31. The quantitative estimate of drug-likeness (QED) is 0.912. The number of nitrogens with one attached hydrogen (secondary N) is 2. The number of carbonyl (C=O) groups excluding carboxylic acids is 2. The third-order valence-corrected chi connectivity index (χ3v) is 3.96. The molecule has 1 aliphatic rings. The SMILES string of the molecule is Cc1ccc(NC(=O)CC2C(=O)Nc3ccccc32)c(C)c1. The fourth-order valence-electron chi connectivity index (χ4n) is 2.82. The van der Waals surface area contributed by atoms with E-state index in [9.17, 15) is 9.59 Å². The summed E-state index contributed by atoms with van der Waals surface area (Å²) in [6.45, 7) is 3.97. The molecule has 2 N–H and O–H groups in total. The largest absolute Gasteiger partial charge is 0.326 e. The van der Waals surface area contributed by atoms with Crippen molar-refractivity contribution in [3.8, 4) is 0 Å². The lowest BCUT2D eigenvalue weighted by atomic mass is 9.97. The van der Waals surface area contributed by atoms with E-state index in [1.807, 2.05) is 56.3 Å². The predicted octanol–water partition coefficient (Wildman–Crippen LogP) is 3.37. The van der Waals surface area contributed by atoms with Gasteiger partial charge in [-0.2, -0.15) is 0 Å². The number of anilines is 2. The summed E-state index contributed by atoms with van der Waals surface area (Å²) in [7, 11) is 0. The molecule has 1 atom stereocenters. The van der Waals surface area contributed by atoms with Gasteiger partial charge in [0, 0.05) is 17.8 Å². The summed E-state index contributed by atoms with van der Waals surface area (Å²) in [5.41, 5.74) is 4.66. The first-order valence-corrected chi connectivity index (χ1v) is 7.31. The maximum absolute atomic E-state index is 12.3. The third-order valence-electron chi connectivity index (χ3n) is 3.96. The van der Waals surface area contributed by atoms with Crippen LogP contribution in [0, 0.1) is 13.8 Å². The fraction of sp³-hybridized carbons (Fsp3) is 0.222. The number of hydrogen-bond acceptors (Lipinski definition) is 2. The van der Waals surface area contributed by atoms with Crippen LogP contribution in [-0.2, 0) is 9.59 Å². The number of benzene rings is 2. The second-order valence-corrected chi connectivity index (χ2v) is 5.70. The molecule has 4 nitrogen and oxygen atoms in total. The highest BCUT2D eigenvalue weighted by molar-refractivity contribution is 6.06. The monoisotopic (exact) mass is 294 g/mol. The molecule has 2 aromatic rings. The molecule has 2 aromatic carbocycles. The molecule has 1 aliphatic heterocycles. The molecule has 0 aromatic heterocycles. The molecular formula is C18H18N2O2. The van der Waals surface area contributed by atoms with E-state index in [1.54, 1.807) is 0 Å². The Balaban J connectivity index is 1.73. The molecule has 0 saturated carbocycles. The van der Waals surface area contributed by atoms with Crippen LogP contribution in [0.4, 0.5) is 11.4 Å². The Morgan fingerprint density at radius 2 is 1.95 bits per heavy atom. The Labute approximate surface area is 129 Å². The van der Waals surface area contributed by atoms with Crippen LogP contribution in [0.3, 0.4) is 0 Å². The molecule has 1 heterocycles. The first-order valence-electron chi connectivity index (χ1n) is 7.31. The second-order valence-electron chi connectivity index (χ2n) is 5.70. The molecule has 2 amide bonds. The summed E-state index contributed by atoms with van der Waals surface area (Å²) < 4.78 is 0. The van der Waals surface area contributed by atoms with Gasteiger partial charge >= 0.3 is 0 Å². The maximum atomic E-state index is 12.3. The summed E-state index contributed by atoms with van der Waals surface area (Å²) in [5.74, 6) is -0.678. The van der Waals surface area contributed by atoms with E-state index in [1.165, 1.54) is 0 Å². The van der Waals surface area contributed by atoms with Crippen molar-refractivity contribution in [2.24, 2.45) is 0 Å². The van der Waals surface area contributed by atoms with Crippen LogP contribution in [0.25, 0.3) is 0 Å². The molecule has 22 heavy (non-hydrogen) atoms. The van der Waals surface area contributed by atoms with Gasteiger partial charge in [-0.05, 0) is 37.1 Å². The molecule has 0 radical (unpaired) electrons. The number of carbonyl (C=O) groups is 2. The zero-order valence-corrected chi connectivity index (χ0v) is 12.6. The molecule has 0 saturated heterocycles. The average molecular weight is 294 g/mol. The Hall–Kier alpha value is -2.62. The minimum Gasteiger partial charge on any atom is -0.326 e.